The molecule has 0 fully saturated rings. The first-order valence-corrected chi connectivity index (χ1v) is 13.8. The van der Waals surface area contributed by atoms with E-state index < -0.39 is 23.4 Å². The Labute approximate surface area is 289 Å². The zero-order chi connectivity index (χ0) is 28.9. The molecule has 0 radical (unpaired) electrons. The molecule has 2 amide bonds. The molecule has 0 aromatic heterocycles. The van der Waals surface area contributed by atoms with Gasteiger partial charge in [-0.05, 0) is 24.1 Å². The van der Waals surface area contributed by atoms with Crippen LogP contribution >= 0.6 is 81.2 Å². The molecule has 0 saturated carbocycles. The summed E-state index contributed by atoms with van der Waals surface area (Å²) < 4.78 is 0. The number of hydrogen-bond acceptors (Lipinski definition) is 4. The second-order valence-corrected chi connectivity index (χ2v) is 11.5. The van der Waals surface area contributed by atoms with Gasteiger partial charge in [-0.25, -0.2) is 4.90 Å². The Morgan fingerprint density at radius 1 is 0.634 bits per heavy atom. The predicted octanol–water partition coefficient (Wildman–Crippen LogP) is 6.74. The first-order chi connectivity index (χ1) is 18.9. The van der Waals surface area contributed by atoms with E-state index in [1.54, 1.807) is 25.1 Å². The second-order valence-electron chi connectivity index (χ2n) is 8.85. The quantitative estimate of drug-likeness (QED) is 0.0706. The van der Waals surface area contributed by atoms with Crippen LogP contribution in [-0.4, -0.2) is 23.4 Å². The van der Waals surface area contributed by atoms with E-state index in [0.717, 1.165) is 4.90 Å². The third kappa shape index (κ3) is 4.26. The molecule has 6 nitrogen and oxygen atoms in total. The van der Waals surface area contributed by atoms with Gasteiger partial charge in [0, 0.05) is 5.69 Å². The standard InChI is InChI=1S/C27H9Cl7N2O4.Na/c1-7-16(28)12-13(18(30)17(7)29)25(38)11(24(12)37)9-6-5-8-3-2-4-10(23(8)35-9)36-26(39)14-15(27(36)40)20(32)22(34)21(33)19(14)31;/h2-6H,1H3,(H,35,37,38);/q;+1/p-1. The Kier molecular flexibility index (Phi) is 8.19. The van der Waals surface area contributed by atoms with Crippen molar-refractivity contribution in [3.05, 3.63) is 109 Å². The van der Waals surface area contributed by atoms with Crippen molar-refractivity contribution in [3.63, 3.8) is 0 Å². The molecule has 2 heterocycles. The van der Waals surface area contributed by atoms with Gasteiger partial charge in [0.2, 0.25) is 0 Å². The summed E-state index contributed by atoms with van der Waals surface area (Å²) in [6.07, 6.45) is 3.06. The van der Waals surface area contributed by atoms with E-state index in [0.29, 0.717) is 11.1 Å². The number of hydrogen-bond donors (Lipinski definition) is 0. The number of para-hydroxylation sites is 1. The molecule has 0 atom stereocenters. The normalized spacial score (nSPS) is 17.0. The Hall–Kier alpha value is -1.55. The molecule has 0 bridgehead atoms. The van der Waals surface area contributed by atoms with Gasteiger partial charge in [0.25, 0.3) is 11.8 Å². The number of carbonyl (C=O) groups excluding carboxylic acids is 4. The summed E-state index contributed by atoms with van der Waals surface area (Å²) in [7, 11) is 0. The first-order valence-electron chi connectivity index (χ1n) is 11.2. The Morgan fingerprint density at radius 2 is 1.15 bits per heavy atom. The Bertz CT molecular complexity index is 1810. The number of nitrogens with zero attached hydrogens (tertiary/aromatic N) is 2. The SMILES string of the molecule is Cc1c(Cl)c(Cl)c2c(c1Cl)C(=O)/C(=C1\C=Cc3cccc(N4C(=O)c5c(Cl)c(Cl)c(Cl)c(Cl)c5C4=O)c3[N-]1)C2=O.[Na+]. The van der Waals surface area contributed by atoms with Crippen LogP contribution in [-0.2, 0) is 0 Å². The molecule has 3 aliphatic rings. The van der Waals surface area contributed by atoms with Crippen molar-refractivity contribution in [2.45, 2.75) is 6.92 Å². The number of ketones is 2. The molecule has 200 valence electrons. The Morgan fingerprint density at radius 3 is 1.71 bits per heavy atom. The summed E-state index contributed by atoms with van der Waals surface area (Å²) in [5, 5.41) is 3.73. The summed E-state index contributed by atoms with van der Waals surface area (Å²) in [6, 6.07) is 4.75. The zero-order valence-corrected chi connectivity index (χ0v) is 27.9. The summed E-state index contributed by atoms with van der Waals surface area (Å²) in [5.74, 6) is -3.00. The van der Waals surface area contributed by atoms with Gasteiger partial charge < -0.3 is 5.32 Å². The molecule has 41 heavy (non-hydrogen) atoms. The number of allylic oxidation sites excluding steroid dienone is 2. The third-order valence-electron chi connectivity index (χ3n) is 6.75. The van der Waals surface area contributed by atoms with Crippen LogP contribution in [0.1, 0.15) is 52.6 Å². The molecule has 2 aliphatic heterocycles. The number of carbonyl (C=O) groups is 4. The van der Waals surface area contributed by atoms with Gasteiger partial charge in [0.15, 0.2) is 11.6 Å². The summed E-state index contributed by atoms with van der Waals surface area (Å²) in [4.78, 5) is 54.7. The number of Topliss-reactive ketones (excluding diaryl/α,β-unsaturated/α-hetero) is 2. The third-order valence-corrected chi connectivity index (χ3v) is 9.97. The molecule has 0 saturated heterocycles. The van der Waals surface area contributed by atoms with Crippen LogP contribution in [0.2, 0.25) is 35.2 Å². The van der Waals surface area contributed by atoms with E-state index >= 15 is 0 Å². The fourth-order valence-electron chi connectivity index (χ4n) is 4.81. The number of amides is 2. The van der Waals surface area contributed by atoms with Crippen molar-refractivity contribution in [1.82, 2.24) is 0 Å². The van der Waals surface area contributed by atoms with E-state index in [9.17, 15) is 19.2 Å². The van der Waals surface area contributed by atoms with Crippen LogP contribution in [0.3, 0.4) is 0 Å². The molecule has 14 heteroatoms. The van der Waals surface area contributed by atoms with Gasteiger partial charge in [0.1, 0.15) is 0 Å². The van der Waals surface area contributed by atoms with Crippen molar-refractivity contribution in [2.75, 3.05) is 4.90 Å². The van der Waals surface area contributed by atoms with Crippen molar-refractivity contribution in [2.24, 2.45) is 0 Å². The Balaban J connectivity index is 0.00000337. The molecule has 0 spiro atoms. The van der Waals surface area contributed by atoms with E-state index in [1.165, 1.54) is 12.1 Å². The van der Waals surface area contributed by atoms with Gasteiger partial charge in [-0.15, -0.1) is 11.4 Å². The van der Waals surface area contributed by atoms with Crippen LogP contribution in [0, 0.1) is 6.92 Å². The minimum atomic E-state index is -0.804. The van der Waals surface area contributed by atoms with Gasteiger partial charge in [-0.2, -0.15) is 0 Å². The smallest absolute Gasteiger partial charge is 0.655 e. The maximum absolute atomic E-state index is 13.5. The average Bonchev–Trinajstić information content (AvgIpc) is 3.35. The van der Waals surface area contributed by atoms with Crippen LogP contribution in [0.5, 0.6) is 0 Å². The molecule has 1 aliphatic carbocycles. The molecule has 6 rings (SSSR count). The molecule has 3 aromatic rings. The monoisotopic (exact) mass is 692 g/mol. The van der Waals surface area contributed by atoms with E-state index in [1.807, 2.05) is 0 Å². The second kappa shape index (κ2) is 10.9. The summed E-state index contributed by atoms with van der Waals surface area (Å²) >= 11 is 43.8. The topological polar surface area (TPSA) is 85.6 Å². The zero-order valence-electron chi connectivity index (χ0n) is 20.6. The fourth-order valence-corrected chi connectivity index (χ4v) is 6.66. The molecule has 0 unspecified atom stereocenters. The molecule has 0 N–H and O–H groups in total. The maximum atomic E-state index is 13.5. The minimum Gasteiger partial charge on any atom is -0.655 e. The largest absolute Gasteiger partial charge is 1.00 e. The number of imide groups is 1. The number of halogens is 7. The van der Waals surface area contributed by atoms with Crippen LogP contribution < -0.4 is 34.5 Å². The van der Waals surface area contributed by atoms with Crippen molar-refractivity contribution >= 4 is 122 Å². The number of anilines is 1. The number of fused-ring (bicyclic) bond motifs is 3. The fraction of sp³-hybridized carbons (Fsp3) is 0.0370. The van der Waals surface area contributed by atoms with Crippen molar-refractivity contribution in [1.29, 1.82) is 0 Å². The van der Waals surface area contributed by atoms with E-state index in [4.69, 9.17) is 81.2 Å². The van der Waals surface area contributed by atoms with Crippen molar-refractivity contribution < 1.29 is 48.7 Å². The van der Waals surface area contributed by atoms with Gasteiger partial charge in [-0.1, -0.05) is 105 Å². The summed E-state index contributed by atoms with van der Waals surface area (Å²) in [6.45, 7) is 1.58. The number of rotatable bonds is 1. The minimum absolute atomic E-state index is 0. The van der Waals surface area contributed by atoms with Crippen LogP contribution in [0.4, 0.5) is 11.4 Å². The van der Waals surface area contributed by atoms with Crippen molar-refractivity contribution in [3.8, 4) is 0 Å². The average molecular weight is 696 g/mol. The molecular formula is C27H8Cl7N2NaO4. The summed E-state index contributed by atoms with van der Waals surface area (Å²) in [5.41, 5.74) is 0.130. The predicted molar refractivity (Wildman–Crippen MR) is 158 cm³/mol. The van der Waals surface area contributed by atoms with E-state index in [2.05, 4.69) is 5.32 Å². The van der Waals surface area contributed by atoms with E-state index in [-0.39, 0.29) is 110 Å². The van der Waals surface area contributed by atoms with Gasteiger partial charge in [-0.3, -0.25) is 19.2 Å². The first kappa shape index (κ1) is 30.9. The van der Waals surface area contributed by atoms with Gasteiger partial charge >= 0.3 is 29.6 Å². The van der Waals surface area contributed by atoms with Gasteiger partial charge in [0.05, 0.1) is 63.0 Å². The molecule has 3 aromatic carbocycles. The van der Waals surface area contributed by atoms with Crippen LogP contribution in [0.25, 0.3) is 11.4 Å². The maximum Gasteiger partial charge on any atom is 1.00 e. The van der Waals surface area contributed by atoms with Crippen LogP contribution in [0.15, 0.2) is 35.5 Å². The molecular weight excluding hydrogens is 687 g/mol. The number of benzene rings is 3.